The van der Waals surface area contributed by atoms with E-state index in [1.54, 1.807) is 13.0 Å². The Hall–Kier alpha value is -1.55. The topological polar surface area (TPSA) is 55.1 Å². The van der Waals surface area contributed by atoms with Crippen LogP contribution >= 0.6 is 11.6 Å². The molecule has 0 unspecified atom stereocenters. The lowest BCUT2D eigenvalue weighted by molar-refractivity contribution is 0.476. The fraction of sp³-hybridized carbons (Fsp3) is 0.385. The van der Waals surface area contributed by atoms with Crippen molar-refractivity contribution < 1.29 is 5.11 Å². The zero-order valence-electron chi connectivity index (χ0n) is 11.0. The molecule has 0 radical (unpaired) electrons. The second-order valence-corrected chi connectivity index (χ2v) is 3.99. The van der Waals surface area contributed by atoms with Crippen LogP contribution in [0.25, 0.3) is 10.9 Å². The summed E-state index contributed by atoms with van der Waals surface area (Å²) in [7, 11) is 0. The van der Waals surface area contributed by atoms with Gasteiger partial charge < -0.3 is 5.11 Å². The van der Waals surface area contributed by atoms with Gasteiger partial charge in [0.25, 0.3) is 5.56 Å². The van der Waals surface area contributed by atoms with Crippen molar-refractivity contribution in [3.63, 3.8) is 0 Å². The molecule has 1 N–H and O–H groups in total. The van der Waals surface area contributed by atoms with Crippen molar-refractivity contribution in [3.05, 3.63) is 33.3 Å². The number of aromatic hydroxyl groups is 1. The van der Waals surface area contributed by atoms with Gasteiger partial charge >= 0.3 is 0 Å². The molecule has 0 aliphatic rings. The van der Waals surface area contributed by atoms with E-state index in [0.717, 1.165) is 0 Å². The molecule has 0 saturated heterocycles. The molecule has 2 aromatic rings. The lowest BCUT2D eigenvalue weighted by Crippen LogP contribution is -2.19. The molecule has 98 valence electrons. The molecule has 18 heavy (non-hydrogen) atoms. The van der Waals surface area contributed by atoms with Gasteiger partial charge in [-0.25, -0.2) is 4.98 Å². The molecule has 5 heteroatoms. The maximum Gasteiger partial charge on any atom is 0.262 e. The minimum absolute atomic E-state index is 0.0137. The lowest BCUT2D eigenvalue weighted by Gasteiger charge is -2.07. The monoisotopic (exact) mass is 268 g/mol. The van der Waals surface area contributed by atoms with Crippen molar-refractivity contribution in [2.24, 2.45) is 0 Å². The number of nitrogens with zero attached hydrogens (tertiary/aromatic N) is 2. The van der Waals surface area contributed by atoms with E-state index in [4.69, 9.17) is 11.6 Å². The standard InChI is InChI=1S/C11H11ClN2O2.C2H6/c1-3-14-5-13-9-8(11(14)16)7(12)4-6(2)10(9)15;1-2/h4-5,15H,3H2,1-2H3;1-2H3. The molecule has 4 nitrogen and oxygen atoms in total. The van der Waals surface area contributed by atoms with Gasteiger partial charge in [0.15, 0.2) is 0 Å². The third-order valence-electron chi connectivity index (χ3n) is 2.56. The number of hydrogen-bond donors (Lipinski definition) is 1. The SMILES string of the molecule is CC.CCn1cnc2c(O)c(C)cc(Cl)c2c1=O. The van der Waals surface area contributed by atoms with Crippen molar-refractivity contribution in [3.8, 4) is 5.75 Å². The number of aromatic nitrogens is 2. The number of benzene rings is 1. The highest BCUT2D eigenvalue weighted by molar-refractivity contribution is 6.35. The summed E-state index contributed by atoms with van der Waals surface area (Å²) in [6, 6.07) is 1.57. The predicted molar refractivity (Wildman–Crippen MR) is 74.4 cm³/mol. The third kappa shape index (κ3) is 2.34. The molecule has 1 aromatic heterocycles. The van der Waals surface area contributed by atoms with E-state index in [-0.39, 0.29) is 22.2 Å². The Labute approximate surface area is 111 Å². The first kappa shape index (κ1) is 14.5. The normalized spacial score (nSPS) is 10.1. The van der Waals surface area contributed by atoms with Crippen LogP contribution in [-0.4, -0.2) is 14.7 Å². The fourth-order valence-corrected chi connectivity index (χ4v) is 1.96. The van der Waals surface area contributed by atoms with Gasteiger partial charge in [0.2, 0.25) is 0 Å². The Kier molecular flexibility index (Phi) is 4.73. The molecule has 0 amide bonds. The summed E-state index contributed by atoms with van der Waals surface area (Å²) in [5.41, 5.74) is 0.645. The summed E-state index contributed by atoms with van der Waals surface area (Å²) in [4.78, 5) is 16.0. The minimum atomic E-state index is -0.229. The number of hydrogen-bond acceptors (Lipinski definition) is 3. The molecule has 0 aliphatic carbocycles. The van der Waals surface area contributed by atoms with Gasteiger partial charge in [0, 0.05) is 6.54 Å². The second-order valence-electron chi connectivity index (χ2n) is 3.58. The van der Waals surface area contributed by atoms with E-state index in [1.165, 1.54) is 10.9 Å². The first-order chi connectivity index (χ1) is 8.56. The average molecular weight is 269 g/mol. The molecule has 0 bridgehead atoms. The smallest absolute Gasteiger partial charge is 0.262 e. The number of aryl methyl sites for hydroxylation is 2. The minimum Gasteiger partial charge on any atom is -0.505 e. The Morgan fingerprint density at radius 1 is 1.44 bits per heavy atom. The predicted octanol–water partition coefficient (Wildman–Crippen LogP) is 3.11. The number of phenols is 1. The van der Waals surface area contributed by atoms with Crippen LogP contribution in [0.2, 0.25) is 5.02 Å². The van der Waals surface area contributed by atoms with E-state index in [2.05, 4.69) is 4.98 Å². The summed E-state index contributed by atoms with van der Waals surface area (Å²) in [6.45, 7) is 8.08. The van der Waals surface area contributed by atoms with Gasteiger partial charge in [0.05, 0.1) is 16.7 Å². The Balaban J connectivity index is 0.000000771. The summed E-state index contributed by atoms with van der Waals surface area (Å²) in [5, 5.41) is 10.4. The van der Waals surface area contributed by atoms with E-state index in [9.17, 15) is 9.90 Å². The van der Waals surface area contributed by atoms with Crippen molar-refractivity contribution in [1.29, 1.82) is 0 Å². The zero-order chi connectivity index (χ0) is 13.9. The zero-order valence-corrected chi connectivity index (χ0v) is 11.7. The Bertz CT molecular complexity index is 620. The molecule has 2 rings (SSSR count). The molecular weight excluding hydrogens is 252 g/mol. The van der Waals surface area contributed by atoms with Gasteiger partial charge in [-0.15, -0.1) is 0 Å². The van der Waals surface area contributed by atoms with Crippen LogP contribution in [0, 0.1) is 6.92 Å². The van der Waals surface area contributed by atoms with Crippen LogP contribution in [0.5, 0.6) is 5.75 Å². The van der Waals surface area contributed by atoms with Crippen LogP contribution in [0.3, 0.4) is 0 Å². The van der Waals surface area contributed by atoms with Crippen LogP contribution in [-0.2, 0) is 6.54 Å². The van der Waals surface area contributed by atoms with E-state index < -0.39 is 0 Å². The number of halogens is 1. The molecule has 0 spiro atoms. The van der Waals surface area contributed by atoms with Crippen LogP contribution in [0.1, 0.15) is 26.3 Å². The number of phenolic OH excluding ortho intramolecular Hbond substituents is 1. The highest BCUT2D eigenvalue weighted by Gasteiger charge is 2.13. The van der Waals surface area contributed by atoms with Gasteiger partial charge in [-0.2, -0.15) is 0 Å². The molecule has 0 atom stereocenters. The summed E-state index contributed by atoms with van der Waals surface area (Å²) < 4.78 is 1.45. The Morgan fingerprint density at radius 3 is 2.61 bits per heavy atom. The first-order valence-electron chi connectivity index (χ1n) is 5.93. The van der Waals surface area contributed by atoms with Crippen LogP contribution in [0.15, 0.2) is 17.2 Å². The molecule has 0 saturated carbocycles. The summed E-state index contributed by atoms with van der Waals surface area (Å²) >= 11 is 6.00. The van der Waals surface area contributed by atoms with Crippen LogP contribution in [0.4, 0.5) is 0 Å². The van der Waals surface area contributed by atoms with Crippen molar-refractivity contribution in [2.75, 3.05) is 0 Å². The van der Waals surface area contributed by atoms with E-state index in [0.29, 0.717) is 17.1 Å². The highest BCUT2D eigenvalue weighted by Crippen LogP contribution is 2.30. The number of rotatable bonds is 1. The maximum atomic E-state index is 12.0. The van der Waals surface area contributed by atoms with Crippen molar-refractivity contribution in [2.45, 2.75) is 34.2 Å². The van der Waals surface area contributed by atoms with Gasteiger partial charge in [0.1, 0.15) is 11.3 Å². The number of fused-ring (bicyclic) bond motifs is 1. The molecular formula is C13H17ClN2O2. The maximum absolute atomic E-state index is 12.0. The second kappa shape index (κ2) is 5.87. The quantitative estimate of drug-likeness (QED) is 0.865. The molecule has 1 heterocycles. The van der Waals surface area contributed by atoms with Gasteiger partial charge in [-0.3, -0.25) is 9.36 Å². The lowest BCUT2D eigenvalue weighted by atomic mass is 10.1. The van der Waals surface area contributed by atoms with Crippen molar-refractivity contribution >= 4 is 22.5 Å². The highest BCUT2D eigenvalue weighted by atomic mass is 35.5. The van der Waals surface area contributed by atoms with E-state index in [1.807, 2.05) is 20.8 Å². The Morgan fingerprint density at radius 2 is 2.06 bits per heavy atom. The average Bonchev–Trinajstić information content (AvgIpc) is 2.38. The molecule has 0 fully saturated rings. The molecule has 1 aromatic carbocycles. The van der Waals surface area contributed by atoms with Gasteiger partial charge in [-0.1, -0.05) is 25.4 Å². The third-order valence-corrected chi connectivity index (χ3v) is 2.86. The summed E-state index contributed by atoms with van der Waals surface area (Å²) in [6.07, 6.45) is 1.42. The molecule has 0 aliphatic heterocycles. The fourth-order valence-electron chi connectivity index (χ4n) is 1.63. The van der Waals surface area contributed by atoms with Crippen molar-refractivity contribution in [1.82, 2.24) is 9.55 Å². The van der Waals surface area contributed by atoms with Crippen LogP contribution < -0.4 is 5.56 Å². The largest absolute Gasteiger partial charge is 0.505 e. The summed E-state index contributed by atoms with van der Waals surface area (Å²) in [5.74, 6) is 0.0137. The van der Waals surface area contributed by atoms with Gasteiger partial charge in [-0.05, 0) is 25.5 Å². The first-order valence-corrected chi connectivity index (χ1v) is 6.31. The van der Waals surface area contributed by atoms with E-state index >= 15 is 0 Å².